The SMILES string of the molecule is Cn1c(=O)n(C2CCC(=O)NC2=O)c2ccc(CCCCC3CCN(C(C)(C)C)CC3)cc21. The van der Waals surface area contributed by atoms with E-state index in [-0.39, 0.29) is 23.6 Å². The summed E-state index contributed by atoms with van der Waals surface area (Å²) in [6, 6.07) is 5.49. The molecule has 2 fully saturated rings. The minimum absolute atomic E-state index is 0.210. The number of rotatable bonds is 6. The summed E-state index contributed by atoms with van der Waals surface area (Å²) in [5, 5.41) is 2.36. The largest absolute Gasteiger partial charge is 0.329 e. The van der Waals surface area contributed by atoms with E-state index in [2.05, 4.69) is 43.1 Å². The summed E-state index contributed by atoms with van der Waals surface area (Å²) in [5.74, 6) is 0.180. The number of unbranched alkanes of at least 4 members (excludes halogenated alkanes) is 1. The first-order chi connectivity index (χ1) is 15.6. The molecule has 3 heterocycles. The van der Waals surface area contributed by atoms with E-state index < -0.39 is 11.9 Å². The quantitative estimate of drug-likeness (QED) is 0.535. The Kier molecular flexibility index (Phi) is 6.80. The molecule has 7 heteroatoms. The fourth-order valence-electron chi connectivity index (χ4n) is 5.45. The number of imidazole rings is 1. The Hall–Kier alpha value is -2.41. The van der Waals surface area contributed by atoms with Gasteiger partial charge in [0.2, 0.25) is 11.8 Å². The molecule has 0 saturated carbocycles. The van der Waals surface area contributed by atoms with Crippen LogP contribution in [0.25, 0.3) is 11.0 Å². The van der Waals surface area contributed by atoms with Crippen LogP contribution in [0.4, 0.5) is 0 Å². The Bertz CT molecular complexity index is 1080. The first-order valence-electron chi connectivity index (χ1n) is 12.4. The van der Waals surface area contributed by atoms with E-state index in [9.17, 15) is 14.4 Å². The summed E-state index contributed by atoms with van der Waals surface area (Å²) in [4.78, 5) is 39.4. The van der Waals surface area contributed by atoms with Crippen LogP contribution in [0.5, 0.6) is 0 Å². The predicted octanol–water partition coefficient (Wildman–Crippen LogP) is 3.54. The predicted molar refractivity (Wildman–Crippen MR) is 130 cm³/mol. The van der Waals surface area contributed by atoms with E-state index in [0.717, 1.165) is 29.8 Å². The summed E-state index contributed by atoms with van der Waals surface area (Å²) in [5.41, 5.74) is 2.89. The molecule has 2 saturated heterocycles. The molecule has 33 heavy (non-hydrogen) atoms. The second-order valence-corrected chi connectivity index (χ2v) is 10.8. The van der Waals surface area contributed by atoms with Crippen molar-refractivity contribution < 1.29 is 9.59 Å². The molecule has 2 aliphatic rings. The van der Waals surface area contributed by atoms with Crippen molar-refractivity contribution in [2.24, 2.45) is 13.0 Å². The van der Waals surface area contributed by atoms with E-state index in [1.165, 1.54) is 44.3 Å². The number of nitrogens with one attached hydrogen (secondary N) is 1. The molecule has 0 aliphatic carbocycles. The highest BCUT2D eigenvalue weighted by Crippen LogP contribution is 2.28. The van der Waals surface area contributed by atoms with Gasteiger partial charge in [-0.15, -0.1) is 0 Å². The van der Waals surface area contributed by atoms with E-state index >= 15 is 0 Å². The van der Waals surface area contributed by atoms with Gasteiger partial charge in [-0.1, -0.05) is 18.9 Å². The number of likely N-dealkylation sites (tertiary alicyclic amines) is 1. The normalized spacial score (nSPS) is 21.0. The Morgan fingerprint density at radius 2 is 1.73 bits per heavy atom. The van der Waals surface area contributed by atoms with Crippen molar-refractivity contribution >= 4 is 22.8 Å². The molecule has 0 spiro atoms. The van der Waals surface area contributed by atoms with E-state index in [1.54, 1.807) is 16.2 Å². The topological polar surface area (TPSA) is 76.3 Å². The average molecular weight is 455 g/mol. The number of nitrogens with zero attached hydrogens (tertiary/aromatic N) is 3. The van der Waals surface area contributed by atoms with Crippen molar-refractivity contribution in [2.75, 3.05) is 13.1 Å². The van der Waals surface area contributed by atoms with Crippen LogP contribution in [0.2, 0.25) is 0 Å². The van der Waals surface area contributed by atoms with Crippen LogP contribution in [0.1, 0.15) is 77.3 Å². The van der Waals surface area contributed by atoms with Gasteiger partial charge in [0, 0.05) is 19.0 Å². The molecule has 0 bridgehead atoms. The minimum Gasteiger partial charge on any atom is -0.298 e. The van der Waals surface area contributed by atoms with Crippen molar-refractivity contribution in [2.45, 2.75) is 83.7 Å². The molecular formula is C26H38N4O3. The van der Waals surface area contributed by atoms with Crippen molar-refractivity contribution in [1.82, 2.24) is 19.4 Å². The van der Waals surface area contributed by atoms with E-state index in [4.69, 9.17) is 0 Å². The summed E-state index contributed by atoms with van der Waals surface area (Å²) in [6.45, 7) is 9.34. The van der Waals surface area contributed by atoms with Crippen LogP contribution in [0.15, 0.2) is 23.0 Å². The zero-order valence-electron chi connectivity index (χ0n) is 20.5. The third-order valence-corrected chi connectivity index (χ3v) is 7.57. The van der Waals surface area contributed by atoms with Crippen molar-refractivity contribution in [3.8, 4) is 0 Å². The number of aryl methyl sites for hydroxylation is 2. The number of hydrogen-bond acceptors (Lipinski definition) is 4. The van der Waals surface area contributed by atoms with Crippen LogP contribution in [-0.4, -0.2) is 44.5 Å². The van der Waals surface area contributed by atoms with Gasteiger partial charge in [0.05, 0.1) is 11.0 Å². The number of hydrogen-bond donors (Lipinski definition) is 1. The van der Waals surface area contributed by atoms with Gasteiger partial charge in [-0.3, -0.25) is 28.9 Å². The Morgan fingerprint density at radius 3 is 2.39 bits per heavy atom. The maximum Gasteiger partial charge on any atom is 0.329 e. The van der Waals surface area contributed by atoms with Crippen LogP contribution >= 0.6 is 0 Å². The van der Waals surface area contributed by atoms with Gasteiger partial charge in [-0.05, 0) is 89.6 Å². The summed E-state index contributed by atoms with van der Waals surface area (Å²) in [7, 11) is 1.75. The van der Waals surface area contributed by atoms with Gasteiger partial charge in [0.25, 0.3) is 0 Å². The Labute approximate surface area is 196 Å². The lowest BCUT2D eigenvalue weighted by Gasteiger charge is -2.41. The summed E-state index contributed by atoms with van der Waals surface area (Å²) < 4.78 is 3.16. The number of amides is 2. The molecule has 0 radical (unpaired) electrons. The lowest BCUT2D eigenvalue weighted by Crippen LogP contribution is -2.46. The number of carbonyl (C=O) groups is 2. The number of carbonyl (C=O) groups excluding carboxylic acids is 2. The van der Waals surface area contributed by atoms with Gasteiger partial charge in [0.1, 0.15) is 6.04 Å². The number of fused-ring (bicyclic) bond motifs is 1. The number of aromatic nitrogens is 2. The molecule has 1 unspecified atom stereocenters. The highest BCUT2D eigenvalue weighted by molar-refractivity contribution is 6.00. The van der Waals surface area contributed by atoms with Crippen LogP contribution in [0, 0.1) is 5.92 Å². The third kappa shape index (κ3) is 5.08. The van der Waals surface area contributed by atoms with Crippen LogP contribution < -0.4 is 11.0 Å². The molecule has 4 rings (SSSR count). The molecule has 2 amide bonds. The lowest BCUT2D eigenvalue weighted by molar-refractivity contribution is -0.135. The zero-order valence-corrected chi connectivity index (χ0v) is 20.5. The van der Waals surface area contributed by atoms with Crippen LogP contribution in [0.3, 0.4) is 0 Å². The summed E-state index contributed by atoms with van der Waals surface area (Å²) in [6.07, 6.45) is 7.89. The molecule has 2 aliphatic heterocycles. The van der Waals surface area contributed by atoms with Gasteiger partial charge in [-0.25, -0.2) is 4.79 Å². The Morgan fingerprint density at radius 1 is 1.00 bits per heavy atom. The highest BCUT2D eigenvalue weighted by Gasteiger charge is 2.31. The lowest BCUT2D eigenvalue weighted by atomic mass is 9.89. The Balaban J connectivity index is 1.35. The fourth-order valence-corrected chi connectivity index (χ4v) is 5.45. The van der Waals surface area contributed by atoms with Gasteiger partial charge < -0.3 is 0 Å². The average Bonchev–Trinajstić information content (AvgIpc) is 3.01. The highest BCUT2D eigenvalue weighted by atomic mass is 16.2. The first-order valence-corrected chi connectivity index (χ1v) is 12.4. The molecule has 1 aromatic carbocycles. The molecule has 7 nitrogen and oxygen atoms in total. The molecule has 1 atom stereocenters. The molecule has 1 N–H and O–H groups in total. The van der Waals surface area contributed by atoms with Gasteiger partial charge >= 0.3 is 5.69 Å². The second kappa shape index (κ2) is 9.45. The maximum absolute atomic E-state index is 12.9. The van der Waals surface area contributed by atoms with Crippen molar-refractivity contribution in [3.05, 3.63) is 34.2 Å². The van der Waals surface area contributed by atoms with Crippen molar-refractivity contribution in [3.63, 3.8) is 0 Å². The maximum atomic E-state index is 12.9. The number of piperidine rings is 2. The van der Waals surface area contributed by atoms with Gasteiger partial charge in [0.15, 0.2) is 0 Å². The van der Waals surface area contributed by atoms with E-state index in [1.807, 2.05) is 6.07 Å². The number of benzene rings is 1. The zero-order chi connectivity index (χ0) is 23.8. The second-order valence-electron chi connectivity index (χ2n) is 10.8. The molecule has 2 aromatic rings. The standard InChI is InChI=1S/C26H38N4O3/c1-26(2,3)29-15-13-18(14-16-29)7-5-6-8-19-9-10-20-22(17-19)28(4)25(33)30(20)21-11-12-23(31)27-24(21)32/h9-10,17-18,21H,5-8,11-16H2,1-4H3,(H,27,31,32). The van der Waals surface area contributed by atoms with Crippen molar-refractivity contribution in [1.29, 1.82) is 0 Å². The summed E-state index contributed by atoms with van der Waals surface area (Å²) >= 11 is 0. The number of imide groups is 1. The monoisotopic (exact) mass is 454 g/mol. The van der Waals surface area contributed by atoms with E-state index in [0.29, 0.717) is 6.42 Å². The smallest absolute Gasteiger partial charge is 0.298 e. The molecule has 1 aromatic heterocycles. The fraction of sp³-hybridized carbons (Fsp3) is 0.654. The first kappa shape index (κ1) is 23.7. The van der Waals surface area contributed by atoms with Crippen LogP contribution in [-0.2, 0) is 23.1 Å². The molecule has 180 valence electrons. The van der Waals surface area contributed by atoms with Gasteiger partial charge in [-0.2, -0.15) is 0 Å². The third-order valence-electron chi connectivity index (χ3n) is 7.57. The minimum atomic E-state index is -0.630. The molecular weight excluding hydrogens is 416 g/mol.